The molecule has 1 aliphatic rings. The van der Waals surface area contributed by atoms with Gasteiger partial charge in [0.15, 0.2) is 0 Å². The van der Waals surface area contributed by atoms with E-state index in [-0.39, 0.29) is 11.3 Å². The van der Waals surface area contributed by atoms with E-state index in [0.717, 1.165) is 36.0 Å². The number of carbonyl (C=O) groups is 1. The first-order chi connectivity index (χ1) is 13.2. The number of aryl methyl sites for hydroxylation is 2. The standard InChI is InChI=1S/C23H27N3O/c1-18-20-11-5-6-12-21(20)26(25-18)16-13-22(27)24-17-23(14-7-8-15-23)19-9-3-2-4-10-19/h2-6,9-12H,7-8,13-17H2,1H3,(H,24,27). The summed E-state index contributed by atoms with van der Waals surface area (Å²) in [6, 6.07) is 18.9. The van der Waals surface area contributed by atoms with Crippen molar-refractivity contribution >= 4 is 16.8 Å². The van der Waals surface area contributed by atoms with Crippen LogP contribution in [0, 0.1) is 6.92 Å². The molecular formula is C23H27N3O. The molecule has 1 fully saturated rings. The van der Waals surface area contributed by atoms with E-state index >= 15 is 0 Å². The molecule has 0 spiro atoms. The van der Waals surface area contributed by atoms with E-state index in [9.17, 15) is 4.79 Å². The topological polar surface area (TPSA) is 46.9 Å². The van der Waals surface area contributed by atoms with Gasteiger partial charge in [0.1, 0.15) is 0 Å². The van der Waals surface area contributed by atoms with Crippen LogP contribution in [0.2, 0.25) is 0 Å². The van der Waals surface area contributed by atoms with E-state index in [1.807, 2.05) is 23.7 Å². The summed E-state index contributed by atoms with van der Waals surface area (Å²) in [5, 5.41) is 8.97. The van der Waals surface area contributed by atoms with Gasteiger partial charge in [0.25, 0.3) is 0 Å². The molecule has 4 nitrogen and oxygen atoms in total. The maximum Gasteiger partial charge on any atom is 0.221 e. The first-order valence-corrected chi connectivity index (χ1v) is 9.92. The highest BCUT2D eigenvalue weighted by Gasteiger charge is 2.35. The third kappa shape index (κ3) is 3.61. The number of hydrogen-bond acceptors (Lipinski definition) is 2. The lowest BCUT2D eigenvalue weighted by atomic mass is 9.79. The SMILES string of the molecule is Cc1nn(CCC(=O)NCC2(c3ccccc3)CCCC2)c2ccccc12. The van der Waals surface area contributed by atoms with Gasteiger partial charge >= 0.3 is 0 Å². The van der Waals surface area contributed by atoms with Crippen molar-refractivity contribution in [2.24, 2.45) is 0 Å². The van der Waals surface area contributed by atoms with Crippen molar-refractivity contribution in [2.75, 3.05) is 6.54 Å². The lowest BCUT2D eigenvalue weighted by molar-refractivity contribution is -0.121. The molecule has 3 aromatic rings. The van der Waals surface area contributed by atoms with Gasteiger partial charge in [0, 0.05) is 23.8 Å². The zero-order valence-corrected chi connectivity index (χ0v) is 15.9. The normalized spacial score (nSPS) is 15.9. The van der Waals surface area contributed by atoms with E-state index in [1.54, 1.807) is 0 Å². The molecule has 4 rings (SSSR count). The monoisotopic (exact) mass is 361 g/mol. The van der Waals surface area contributed by atoms with Crippen LogP contribution in [0.5, 0.6) is 0 Å². The molecule has 0 atom stereocenters. The van der Waals surface area contributed by atoms with Crippen LogP contribution in [0.4, 0.5) is 0 Å². The molecule has 0 bridgehead atoms. The molecule has 0 saturated heterocycles. The Balaban J connectivity index is 1.39. The van der Waals surface area contributed by atoms with Crippen LogP contribution in [0.25, 0.3) is 10.9 Å². The molecule has 0 radical (unpaired) electrons. The van der Waals surface area contributed by atoms with Crippen molar-refractivity contribution in [1.29, 1.82) is 0 Å². The Hall–Kier alpha value is -2.62. The molecule has 4 heteroatoms. The van der Waals surface area contributed by atoms with Gasteiger partial charge < -0.3 is 5.32 Å². The fourth-order valence-corrected chi connectivity index (χ4v) is 4.44. The summed E-state index contributed by atoms with van der Waals surface area (Å²) in [5.41, 5.74) is 3.57. The van der Waals surface area contributed by atoms with Crippen molar-refractivity contribution in [3.05, 3.63) is 65.9 Å². The van der Waals surface area contributed by atoms with Crippen LogP contribution < -0.4 is 5.32 Å². The predicted molar refractivity (Wildman–Crippen MR) is 109 cm³/mol. The van der Waals surface area contributed by atoms with E-state index in [2.05, 4.69) is 52.9 Å². The highest BCUT2D eigenvalue weighted by atomic mass is 16.1. The Bertz CT molecular complexity index is 923. The Kier molecular flexibility index (Phi) is 4.97. The summed E-state index contributed by atoms with van der Waals surface area (Å²) >= 11 is 0. The molecule has 1 aliphatic carbocycles. The predicted octanol–water partition coefficient (Wildman–Crippen LogP) is 4.36. The minimum absolute atomic E-state index is 0.103. The smallest absolute Gasteiger partial charge is 0.221 e. The maximum atomic E-state index is 12.5. The Morgan fingerprint density at radius 3 is 2.56 bits per heavy atom. The molecule has 27 heavy (non-hydrogen) atoms. The number of benzene rings is 2. The molecule has 0 aliphatic heterocycles. The number of nitrogens with zero attached hydrogens (tertiary/aromatic N) is 2. The number of nitrogens with one attached hydrogen (secondary N) is 1. The zero-order valence-electron chi connectivity index (χ0n) is 15.9. The van der Waals surface area contributed by atoms with Crippen LogP contribution in [0.3, 0.4) is 0 Å². The molecule has 1 amide bonds. The highest BCUT2D eigenvalue weighted by Crippen LogP contribution is 2.40. The van der Waals surface area contributed by atoms with Crippen LogP contribution in [0.15, 0.2) is 54.6 Å². The second-order valence-corrected chi connectivity index (χ2v) is 7.71. The molecule has 0 unspecified atom stereocenters. The fraction of sp³-hybridized carbons (Fsp3) is 0.391. The summed E-state index contributed by atoms with van der Waals surface area (Å²) in [6.45, 7) is 3.36. The van der Waals surface area contributed by atoms with Gasteiger partial charge in [0.2, 0.25) is 5.91 Å². The highest BCUT2D eigenvalue weighted by molar-refractivity contribution is 5.82. The minimum Gasteiger partial charge on any atom is -0.355 e. The van der Waals surface area contributed by atoms with Gasteiger partial charge in [0.05, 0.1) is 17.8 Å². The Morgan fingerprint density at radius 2 is 1.78 bits per heavy atom. The van der Waals surface area contributed by atoms with Crippen molar-refractivity contribution in [1.82, 2.24) is 15.1 Å². The van der Waals surface area contributed by atoms with Gasteiger partial charge in [-0.15, -0.1) is 0 Å². The summed E-state index contributed by atoms with van der Waals surface area (Å²) in [7, 11) is 0. The van der Waals surface area contributed by atoms with Crippen molar-refractivity contribution < 1.29 is 4.79 Å². The third-order valence-electron chi connectivity index (χ3n) is 5.96. The zero-order chi connectivity index (χ0) is 18.7. The van der Waals surface area contributed by atoms with Crippen LogP contribution in [-0.4, -0.2) is 22.2 Å². The van der Waals surface area contributed by atoms with Gasteiger partial charge in [-0.05, 0) is 31.4 Å². The van der Waals surface area contributed by atoms with E-state index in [0.29, 0.717) is 13.0 Å². The molecule has 1 aromatic heterocycles. The summed E-state index contributed by atoms with van der Waals surface area (Å²) in [4.78, 5) is 12.5. The largest absolute Gasteiger partial charge is 0.355 e. The van der Waals surface area contributed by atoms with Gasteiger partial charge in [-0.1, -0.05) is 61.4 Å². The molecule has 140 valence electrons. The summed E-state index contributed by atoms with van der Waals surface area (Å²) in [5.74, 6) is 0.106. The first kappa shape index (κ1) is 17.8. The lowest BCUT2D eigenvalue weighted by Crippen LogP contribution is -2.39. The van der Waals surface area contributed by atoms with Gasteiger partial charge in [-0.3, -0.25) is 9.48 Å². The second kappa shape index (κ2) is 7.55. The van der Waals surface area contributed by atoms with Crippen molar-refractivity contribution in [3.8, 4) is 0 Å². The molecular weight excluding hydrogens is 334 g/mol. The summed E-state index contributed by atoms with van der Waals surface area (Å²) < 4.78 is 1.95. The quantitative estimate of drug-likeness (QED) is 0.709. The second-order valence-electron chi connectivity index (χ2n) is 7.71. The number of carbonyl (C=O) groups excluding carboxylic acids is 1. The summed E-state index contributed by atoms with van der Waals surface area (Å²) in [6.07, 6.45) is 5.24. The number of amides is 1. The van der Waals surface area contributed by atoms with Gasteiger partial charge in [-0.2, -0.15) is 5.10 Å². The number of aromatic nitrogens is 2. The fourth-order valence-electron chi connectivity index (χ4n) is 4.44. The molecule has 1 heterocycles. The average Bonchev–Trinajstić information content (AvgIpc) is 3.32. The van der Waals surface area contributed by atoms with Crippen LogP contribution in [0.1, 0.15) is 43.4 Å². The third-order valence-corrected chi connectivity index (χ3v) is 5.96. The Morgan fingerprint density at radius 1 is 1.07 bits per heavy atom. The van der Waals surface area contributed by atoms with Crippen molar-refractivity contribution in [3.63, 3.8) is 0 Å². The number of para-hydroxylation sites is 1. The van der Waals surface area contributed by atoms with E-state index in [4.69, 9.17) is 0 Å². The lowest BCUT2D eigenvalue weighted by Gasteiger charge is -2.30. The first-order valence-electron chi connectivity index (χ1n) is 9.92. The average molecular weight is 361 g/mol. The van der Waals surface area contributed by atoms with E-state index < -0.39 is 0 Å². The van der Waals surface area contributed by atoms with E-state index in [1.165, 1.54) is 18.4 Å². The van der Waals surface area contributed by atoms with Crippen LogP contribution in [-0.2, 0) is 16.8 Å². The molecule has 2 aromatic carbocycles. The number of fused-ring (bicyclic) bond motifs is 1. The number of rotatable bonds is 6. The number of hydrogen-bond donors (Lipinski definition) is 1. The van der Waals surface area contributed by atoms with Crippen LogP contribution >= 0.6 is 0 Å². The molecule has 1 N–H and O–H groups in total. The van der Waals surface area contributed by atoms with Crippen molar-refractivity contribution in [2.45, 2.75) is 51.0 Å². The van der Waals surface area contributed by atoms with Gasteiger partial charge in [-0.25, -0.2) is 0 Å². The minimum atomic E-state index is 0.103. The maximum absolute atomic E-state index is 12.5. The Labute approximate surface area is 160 Å². The molecule has 1 saturated carbocycles.